The minimum atomic E-state index is 0.572. The van der Waals surface area contributed by atoms with Gasteiger partial charge in [-0.2, -0.15) is 0 Å². The van der Waals surface area contributed by atoms with E-state index in [9.17, 15) is 0 Å². The minimum Gasteiger partial charge on any atom is -0.455 e. The first-order chi connectivity index (χ1) is 24.8. The van der Waals surface area contributed by atoms with Crippen LogP contribution in [0, 0.1) is 0 Å². The Bertz CT molecular complexity index is 2860. The second-order valence-corrected chi connectivity index (χ2v) is 13.4. The van der Waals surface area contributed by atoms with E-state index in [4.69, 9.17) is 19.4 Å². The third-order valence-corrected chi connectivity index (χ3v) is 10.6. The molecule has 0 aliphatic heterocycles. The summed E-state index contributed by atoms with van der Waals surface area (Å²) in [5, 5.41) is 4.50. The molecule has 0 N–H and O–H groups in total. The van der Waals surface area contributed by atoms with Crippen molar-refractivity contribution in [3.05, 3.63) is 164 Å². The number of rotatable bonds is 5. The Morgan fingerprint density at radius 3 is 1.68 bits per heavy atom. The molecule has 0 unspecified atom stereocenters. The van der Waals surface area contributed by atoms with E-state index in [1.54, 1.807) is 11.3 Å². The van der Waals surface area contributed by atoms with Gasteiger partial charge in [-0.05, 0) is 46.5 Å². The van der Waals surface area contributed by atoms with Crippen molar-refractivity contribution >= 4 is 53.4 Å². The summed E-state index contributed by atoms with van der Waals surface area (Å²) in [5.74, 6) is 1.81. The summed E-state index contributed by atoms with van der Waals surface area (Å²) < 4.78 is 8.85. The highest BCUT2D eigenvalue weighted by atomic mass is 32.1. The SMILES string of the molecule is c1ccc(-c2cc(-c3nc(-c4ccccc4)nc(-c4cccc5c4oc4ccccc45)n3)c3sc4c(-c5ccccc5)cccc4c3c2)cc1. The fourth-order valence-electron chi connectivity index (χ4n) is 6.96. The van der Waals surface area contributed by atoms with Crippen molar-refractivity contribution in [2.45, 2.75) is 0 Å². The van der Waals surface area contributed by atoms with Crippen LogP contribution >= 0.6 is 11.3 Å². The van der Waals surface area contributed by atoms with E-state index < -0.39 is 0 Å². The molecular weight excluding hydrogens is 631 g/mol. The lowest BCUT2D eigenvalue weighted by Crippen LogP contribution is -2.00. The summed E-state index contributed by atoms with van der Waals surface area (Å²) in [6, 6.07) is 56.8. The van der Waals surface area contributed by atoms with Gasteiger partial charge in [0.15, 0.2) is 17.5 Å². The molecule has 0 spiro atoms. The Morgan fingerprint density at radius 1 is 0.360 bits per heavy atom. The van der Waals surface area contributed by atoms with Gasteiger partial charge >= 0.3 is 0 Å². The summed E-state index contributed by atoms with van der Waals surface area (Å²) >= 11 is 1.80. The van der Waals surface area contributed by atoms with Crippen molar-refractivity contribution in [2.24, 2.45) is 0 Å². The van der Waals surface area contributed by atoms with Crippen LogP contribution in [0.4, 0.5) is 0 Å². The number of aromatic nitrogens is 3. The Labute approximate surface area is 292 Å². The number of nitrogens with zero attached hydrogens (tertiary/aromatic N) is 3. The molecule has 5 heteroatoms. The first kappa shape index (κ1) is 28.6. The summed E-state index contributed by atoms with van der Waals surface area (Å²) in [6.07, 6.45) is 0. The number of benzene rings is 7. The molecule has 0 aliphatic carbocycles. The van der Waals surface area contributed by atoms with E-state index in [-0.39, 0.29) is 0 Å². The van der Waals surface area contributed by atoms with Crippen molar-refractivity contribution in [1.29, 1.82) is 0 Å². The maximum Gasteiger partial charge on any atom is 0.167 e. The van der Waals surface area contributed by atoms with E-state index >= 15 is 0 Å². The van der Waals surface area contributed by atoms with E-state index in [0.29, 0.717) is 17.5 Å². The van der Waals surface area contributed by atoms with Gasteiger partial charge in [-0.25, -0.2) is 15.0 Å². The lowest BCUT2D eigenvalue weighted by molar-refractivity contribution is 0.669. The Balaban J connectivity index is 1.29. The second-order valence-electron chi connectivity index (χ2n) is 12.4. The molecule has 0 amide bonds. The number of hydrogen-bond donors (Lipinski definition) is 0. The summed E-state index contributed by atoms with van der Waals surface area (Å²) in [7, 11) is 0. The zero-order chi connectivity index (χ0) is 33.0. The molecule has 234 valence electrons. The minimum absolute atomic E-state index is 0.572. The summed E-state index contributed by atoms with van der Waals surface area (Å²) in [6.45, 7) is 0. The van der Waals surface area contributed by atoms with Crippen molar-refractivity contribution in [3.8, 4) is 56.4 Å². The van der Waals surface area contributed by atoms with Crippen LogP contribution in [0.3, 0.4) is 0 Å². The highest BCUT2D eigenvalue weighted by Crippen LogP contribution is 2.46. The molecule has 3 aromatic heterocycles. The van der Waals surface area contributed by atoms with Crippen LogP contribution in [-0.2, 0) is 0 Å². The molecule has 0 atom stereocenters. The molecule has 3 heterocycles. The molecule has 0 aliphatic rings. The Hall–Kier alpha value is -6.43. The predicted molar refractivity (Wildman–Crippen MR) is 207 cm³/mol. The number of fused-ring (bicyclic) bond motifs is 6. The van der Waals surface area contributed by atoms with Gasteiger partial charge in [0, 0.05) is 42.1 Å². The molecule has 50 heavy (non-hydrogen) atoms. The number of furan rings is 1. The van der Waals surface area contributed by atoms with Gasteiger partial charge in [0.1, 0.15) is 11.2 Å². The normalized spacial score (nSPS) is 11.6. The van der Waals surface area contributed by atoms with Crippen LogP contribution in [0.25, 0.3) is 98.5 Å². The second kappa shape index (κ2) is 11.6. The van der Waals surface area contributed by atoms with Gasteiger partial charge in [-0.15, -0.1) is 11.3 Å². The maximum atomic E-state index is 6.47. The summed E-state index contributed by atoms with van der Waals surface area (Å²) in [4.78, 5) is 15.6. The fraction of sp³-hybridized carbons (Fsp3) is 0. The van der Waals surface area contributed by atoms with Gasteiger partial charge in [0.05, 0.1) is 5.56 Å². The average molecular weight is 658 g/mol. The molecule has 0 fully saturated rings. The smallest absolute Gasteiger partial charge is 0.167 e. The highest BCUT2D eigenvalue weighted by Gasteiger charge is 2.21. The molecule has 10 rings (SSSR count). The van der Waals surface area contributed by atoms with Crippen LogP contribution in [-0.4, -0.2) is 15.0 Å². The molecule has 7 aromatic carbocycles. The fourth-order valence-corrected chi connectivity index (χ4v) is 8.29. The van der Waals surface area contributed by atoms with Gasteiger partial charge in [-0.1, -0.05) is 140 Å². The third kappa shape index (κ3) is 4.71. The first-order valence-corrected chi connectivity index (χ1v) is 17.4. The van der Waals surface area contributed by atoms with Crippen molar-refractivity contribution in [2.75, 3.05) is 0 Å². The van der Waals surface area contributed by atoms with Crippen LogP contribution in [0.2, 0.25) is 0 Å². The Kier molecular flexibility index (Phi) is 6.64. The largest absolute Gasteiger partial charge is 0.455 e. The van der Waals surface area contributed by atoms with Crippen LogP contribution in [0.1, 0.15) is 0 Å². The van der Waals surface area contributed by atoms with E-state index in [1.807, 2.05) is 54.6 Å². The summed E-state index contributed by atoms with van der Waals surface area (Å²) in [5.41, 5.74) is 8.99. The molecule has 0 saturated heterocycles. The van der Waals surface area contributed by atoms with Crippen molar-refractivity contribution in [1.82, 2.24) is 15.0 Å². The number of para-hydroxylation sites is 2. The first-order valence-electron chi connectivity index (χ1n) is 16.6. The highest BCUT2D eigenvalue weighted by molar-refractivity contribution is 7.26. The monoisotopic (exact) mass is 657 g/mol. The van der Waals surface area contributed by atoms with E-state index in [2.05, 4.69) is 109 Å². The molecular formula is C45H27N3OS. The maximum absolute atomic E-state index is 6.47. The molecule has 0 radical (unpaired) electrons. The van der Waals surface area contributed by atoms with Gasteiger partial charge in [0.2, 0.25) is 0 Å². The van der Waals surface area contributed by atoms with E-state index in [1.165, 1.54) is 26.6 Å². The van der Waals surface area contributed by atoms with Crippen molar-refractivity contribution < 1.29 is 4.42 Å². The van der Waals surface area contributed by atoms with Crippen molar-refractivity contribution in [3.63, 3.8) is 0 Å². The van der Waals surface area contributed by atoms with E-state index in [0.717, 1.165) is 54.5 Å². The topological polar surface area (TPSA) is 51.8 Å². The lowest BCUT2D eigenvalue weighted by Gasteiger charge is -2.11. The van der Waals surface area contributed by atoms with Gasteiger partial charge in [-0.3, -0.25) is 0 Å². The molecule has 4 nitrogen and oxygen atoms in total. The standard InChI is InChI=1S/C45H27N3OS/c1-4-14-28(15-5-1)31-26-37-35-23-12-21-32(29-16-6-2-7-17-29)41(35)50-42(37)38(27-31)45-47-43(30-18-8-3-9-19-30)46-44(48-45)36-24-13-22-34-33-20-10-11-25-39(33)49-40(34)36/h1-27H. The van der Waals surface area contributed by atoms with Crippen LogP contribution in [0.15, 0.2) is 168 Å². The van der Waals surface area contributed by atoms with Gasteiger partial charge in [0.25, 0.3) is 0 Å². The molecule has 10 aromatic rings. The van der Waals surface area contributed by atoms with Crippen LogP contribution < -0.4 is 0 Å². The average Bonchev–Trinajstić information content (AvgIpc) is 3.77. The zero-order valence-electron chi connectivity index (χ0n) is 26.7. The number of thiophene rings is 1. The lowest BCUT2D eigenvalue weighted by atomic mass is 9.97. The quantitative estimate of drug-likeness (QED) is 0.185. The van der Waals surface area contributed by atoms with Gasteiger partial charge < -0.3 is 4.42 Å². The number of hydrogen-bond acceptors (Lipinski definition) is 5. The predicted octanol–water partition coefficient (Wildman–Crippen LogP) is 12.5. The zero-order valence-corrected chi connectivity index (χ0v) is 27.6. The third-order valence-electron chi connectivity index (χ3n) is 9.34. The molecule has 0 bridgehead atoms. The Morgan fingerprint density at radius 2 is 0.920 bits per heavy atom. The molecule has 0 saturated carbocycles. The van der Waals surface area contributed by atoms with Crippen LogP contribution in [0.5, 0.6) is 0 Å².